The molecule has 0 spiro atoms. The average molecular weight is 236 g/mol. The van der Waals surface area contributed by atoms with Crippen molar-refractivity contribution in [2.24, 2.45) is 5.92 Å². The lowest BCUT2D eigenvalue weighted by molar-refractivity contribution is 0.0439. The van der Waals surface area contributed by atoms with Crippen molar-refractivity contribution < 1.29 is 9.84 Å². The smallest absolute Gasteiger partial charge is 0.119 e. The molecule has 0 amide bonds. The first-order valence-corrected chi connectivity index (χ1v) is 6.32. The van der Waals surface area contributed by atoms with E-state index < -0.39 is 5.60 Å². The van der Waals surface area contributed by atoms with Crippen LogP contribution in [0.4, 0.5) is 0 Å². The van der Waals surface area contributed by atoms with Crippen LogP contribution in [0.5, 0.6) is 5.75 Å². The Morgan fingerprint density at radius 1 is 1.35 bits per heavy atom. The first-order valence-electron chi connectivity index (χ1n) is 6.32. The molecule has 2 nitrogen and oxygen atoms in total. The van der Waals surface area contributed by atoms with Crippen molar-refractivity contribution in [2.45, 2.75) is 45.6 Å². The van der Waals surface area contributed by atoms with E-state index in [4.69, 9.17) is 4.74 Å². The van der Waals surface area contributed by atoms with Crippen LogP contribution in [0.2, 0.25) is 0 Å². The SMILES string of the molecule is COc1cccc(C(C)(O)CCCC(C)C)c1. The lowest BCUT2D eigenvalue weighted by Crippen LogP contribution is -2.21. The summed E-state index contributed by atoms with van der Waals surface area (Å²) in [4.78, 5) is 0. The third-order valence-electron chi connectivity index (χ3n) is 3.14. The highest BCUT2D eigenvalue weighted by atomic mass is 16.5. The second-order valence-electron chi connectivity index (χ2n) is 5.29. The minimum Gasteiger partial charge on any atom is -0.497 e. The van der Waals surface area contributed by atoms with Crippen LogP contribution >= 0.6 is 0 Å². The normalized spacial score (nSPS) is 14.7. The van der Waals surface area contributed by atoms with Crippen LogP contribution in [0, 0.1) is 5.92 Å². The molecule has 0 fully saturated rings. The second kappa shape index (κ2) is 6.06. The molecule has 0 aliphatic rings. The summed E-state index contributed by atoms with van der Waals surface area (Å²) >= 11 is 0. The van der Waals surface area contributed by atoms with Crippen molar-refractivity contribution in [2.75, 3.05) is 7.11 Å². The van der Waals surface area contributed by atoms with Crippen LogP contribution in [0.1, 0.15) is 45.6 Å². The molecule has 1 unspecified atom stereocenters. The van der Waals surface area contributed by atoms with E-state index in [-0.39, 0.29) is 0 Å². The molecule has 96 valence electrons. The molecule has 1 atom stereocenters. The number of benzene rings is 1. The molecule has 17 heavy (non-hydrogen) atoms. The summed E-state index contributed by atoms with van der Waals surface area (Å²) in [7, 11) is 1.65. The largest absolute Gasteiger partial charge is 0.497 e. The molecule has 0 heterocycles. The summed E-state index contributed by atoms with van der Waals surface area (Å²) in [5.74, 6) is 1.49. The van der Waals surface area contributed by atoms with Gasteiger partial charge in [-0.3, -0.25) is 0 Å². The Labute approximate surface area is 105 Å². The number of hydrogen-bond acceptors (Lipinski definition) is 2. The minimum absolute atomic E-state index is 0.691. The van der Waals surface area contributed by atoms with Gasteiger partial charge in [0.25, 0.3) is 0 Å². The van der Waals surface area contributed by atoms with Gasteiger partial charge in [0.1, 0.15) is 5.75 Å². The first-order chi connectivity index (χ1) is 7.95. The Balaban J connectivity index is 2.67. The van der Waals surface area contributed by atoms with Gasteiger partial charge >= 0.3 is 0 Å². The zero-order chi connectivity index (χ0) is 12.9. The zero-order valence-corrected chi connectivity index (χ0v) is 11.4. The molecular weight excluding hydrogens is 212 g/mol. The van der Waals surface area contributed by atoms with Crippen molar-refractivity contribution in [3.63, 3.8) is 0 Å². The Morgan fingerprint density at radius 2 is 2.06 bits per heavy atom. The van der Waals surface area contributed by atoms with Gasteiger partial charge < -0.3 is 9.84 Å². The van der Waals surface area contributed by atoms with Gasteiger partial charge in [-0.05, 0) is 43.4 Å². The van der Waals surface area contributed by atoms with Gasteiger partial charge in [-0.25, -0.2) is 0 Å². The highest BCUT2D eigenvalue weighted by molar-refractivity contribution is 5.31. The molecule has 0 saturated heterocycles. The van der Waals surface area contributed by atoms with E-state index in [0.717, 1.165) is 30.6 Å². The van der Waals surface area contributed by atoms with Crippen LogP contribution < -0.4 is 4.74 Å². The predicted octanol–water partition coefficient (Wildman–Crippen LogP) is 3.73. The van der Waals surface area contributed by atoms with Crippen LogP contribution in [0.3, 0.4) is 0 Å². The summed E-state index contributed by atoms with van der Waals surface area (Å²) in [6.07, 6.45) is 2.99. The van der Waals surface area contributed by atoms with Gasteiger partial charge in [0.15, 0.2) is 0 Å². The average Bonchev–Trinajstić information content (AvgIpc) is 2.28. The maximum atomic E-state index is 10.5. The van der Waals surface area contributed by atoms with Crippen molar-refractivity contribution in [3.8, 4) is 5.75 Å². The summed E-state index contributed by atoms with van der Waals surface area (Å²) in [5.41, 5.74) is 0.171. The molecule has 1 aromatic carbocycles. The van der Waals surface area contributed by atoms with Gasteiger partial charge in [-0.1, -0.05) is 32.4 Å². The highest BCUT2D eigenvalue weighted by Crippen LogP contribution is 2.29. The van der Waals surface area contributed by atoms with E-state index in [1.54, 1.807) is 7.11 Å². The van der Waals surface area contributed by atoms with Gasteiger partial charge in [-0.2, -0.15) is 0 Å². The molecule has 1 N–H and O–H groups in total. The van der Waals surface area contributed by atoms with E-state index in [2.05, 4.69) is 13.8 Å². The number of rotatable bonds is 6. The molecule has 0 radical (unpaired) electrons. The highest BCUT2D eigenvalue weighted by Gasteiger charge is 2.22. The van der Waals surface area contributed by atoms with Crippen LogP contribution in [0.25, 0.3) is 0 Å². The number of methoxy groups -OCH3 is 1. The second-order valence-corrected chi connectivity index (χ2v) is 5.29. The zero-order valence-electron chi connectivity index (χ0n) is 11.4. The summed E-state index contributed by atoms with van der Waals surface area (Å²) in [6, 6.07) is 7.69. The molecule has 0 saturated carbocycles. The van der Waals surface area contributed by atoms with Gasteiger partial charge in [0.05, 0.1) is 12.7 Å². The lowest BCUT2D eigenvalue weighted by atomic mass is 9.89. The third kappa shape index (κ3) is 4.39. The Morgan fingerprint density at radius 3 is 2.65 bits per heavy atom. The standard InChI is InChI=1S/C15H24O2/c1-12(2)7-6-10-15(3,16)13-8-5-9-14(11-13)17-4/h5,8-9,11-12,16H,6-7,10H2,1-4H3. The fraction of sp³-hybridized carbons (Fsp3) is 0.600. The molecule has 1 rings (SSSR count). The van der Waals surface area contributed by atoms with E-state index >= 15 is 0 Å². The van der Waals surface area contributed by atoms with Crippen molar-refractivity contribution in [1.82, 2.24) is 0 Å². The van der Waals surface area contributed by atoms with Crippen LogP contribution in [-0.2, 0) is 5.60 Å². The Hall–Kier alpha value is -1.02. The fourth-order valence-corrected chi connectivity index (χ4v) is 1.96. The van der Waals surface area contributed by atoms with Crippen LogP contribution in [-0.4, -0.2) is 12.2 Å². The van der Waals surface area contributed by atoms with E-state index in [1.165, 1.54) is 0 Å². The van der Waals surface area contributed by atoms with Crippen molar-refractivity contribution in [3.05, 3.63) is 29.8 Å². The predicted molar refractivity (Wildman–Crippen MR) is 71.3 cm³/mol. The molecule has 0 aromatic heterocycles. The molecular formula is C15H24O2. The Kier molecular flexibility index (Phi) is 5.01. The van der Waals surface area contributed by atoms with E-state index in [1.807, 2.05) is 31.2 Å². The monoisotopic (exact) mass is 236 g/mol. The maximum Gasteiger partial charge on any atom is 0.119 e. The van der Waals surface area contributed by atoms with Gasteiger partial charge in [-0.15, -0.1) is 0 Å². The van der Waals surface area contributed by atoms with E-state index in [0.29, 0.717) is 5.92 Å². The van der Waals surface area contributed by atoms with E-state index in [9.17, 15) is 5.11 Å². The summed E-state index contributed by atoms with van der Waals surface area (Å²) < 4.78 is 5.18. The molecule has 0 bridgehead atoms. The maximum absolute atomic E-state index is 10.5. The Bertz CT molecular complexity index is 343. The van der Waals surface area contributed by atoms with Crippen molar-refractivity contribution in [1.29, 1.82) is 0 Å². The fourth-order valence-electron chi connectivity index (χ4n) is 1.96. The quantitative estimate of drug-likeness (QED) is 0.815. The lowest BCUT2D eigenvalue weighted by Gasteiger charge is -2.24. The molecule has 0 aliphatic heterocycles. The topological polar surface area (TPSA) is 29.5 Å². The molecule has 0 aliphatic carbocycles. The summed E-state index contributed by atoms with van der Waals surface area (Å²) in [6.45, 7) is 6.29. The molecule has 1 aromatic rings. The number of hydrogen-bond donors (Lipinski definition) is 1. The third-order valence-corrected chi connectivity index (χ3v) is 3.14. The van der Waals surface area contributed by atoms with Crippen LogP contribution in [0.15, 0.2) is 24.3 Å². The first kappa shape index (κ1) is 14.0. The van der Waals surface area contributed by atoms with Crippen molar-refractivity contribution >= 4 is 0 Å². The van der Waals surface area contributed by atoms with Gasteiger partial charge in [0, 0.05) is 0 Å². The minimum atomic E-state index is -0.760. The van der Waals surface area contributed by atoms with Gasteiger partial charge in [0.2, 0.25) is 0 Å². The number of aliphatic hydroxyl groups is 1. The number of ether oxygens (including phenoxy) is 1. The molecule has 2 heteroatoms. The summed E-state index contributed by atoms with van der Waals surface area (Å²) in [5, 5.41) is 10.5.